The molecule has 2 N–H and O–H groups in total. The van der Waals surface area contributed by atoms with Crippen molar-refractivity contribution in [2.75, 3.05) is 19.6 Å². The van der Waals surface area contributed by atoms with Gasteiger partial charge < -0.3 is 10.6 Å². The van der Waals surface area contributed by atoms with Gasteiger partial charge in [-0.05, 0) is 12.5 Å². The average molecular weight is 202 g/mol. The Morgan fingerprint density at radius 3 is 2.15 bits per heavy atom. The lowest BCUT2D eigenvalue weighted by atomic mass is 10.1. The van der Waals surface area contributed by atoms with Crippen LogP contribution < -0.4 is 5.73 Å². The molecule has 0 heterocycles. The topological polar surface area (TPSA) is 29.3 Å². The highest BCUT2D eigenvalue weighted by molar-refractivity contribution is 7.80. The van der Waals surface area contributed by atoms with E-state index in [0.29, 0.717) is 16.8 Å². The molecule has 1 atom stereocenters. The van der Waals surface area contributed by atoms with E-state index in [9.17, 15) is 0 Å². The Morgan fingerprint density at radius 2 is 1.85 bits per heavy atom. The van der Waals surface area contributed by atoms with Crippen LogP contribution in [-0.4, -0.2) is 29.5 Å². The van der Waals surface area contributed by atoms with Crippen molar-refractivity contribution in [3.05, 3.63) is 0 Å². The maximum absolute atomic E-state index is 5.57. The van der Waals surface area contributed by atoms with Gasteiger partial charge in [0.2, 0.25) is 0 Å². The number of rotatable bonds is 6. The fourth-order valence-electron chi connectivity index (χ4n) is 1.33. The van der Waals surface area contributed by atoms with Crippen LogP contribution in [0.25, 0.3) is 0 Å². The molecule has 3 heteroatoms. The van der Waals surface area contributed by atoms with E-state index in [1.54, 1.807) is 0 Å². The maximum atomic E-state index is 5.57. The highest BCUT2D eigenvalue weighted by Gasteiger charge is 2.11. The molecule has 0 aliphatic carbocycles. The van der Waals surface area contributed by atoms with Gasteiger partial charge in [0.15, 0.2) is 0 Å². The van der Waals surface area contributed by atoms with Crippen molar-refractivity contribution in [3.63, 3.8) is 0 Å². The van der Waals surface area contributed by atoms with E-state index in [-0.39, 0.29) is 0 Å². The Morgan fingerprint density at radius 1 is 1.31 bits per heavy atom. The summed E-state index contributed by atoms with van der Waals surface area (Å²) in [5.41, 5.74) is 5.57. The zero-order valence-electron chi connectivity index (χ0n) is 9.21. The van der Waals surface area contributed by atoms with Crippen LogP contribution in [0, 0.1) is 11.8 Å². The van der Waals surface area contributed by atoms with Crippen LogP contribution in [0.5, 0.6) is 0 Å². The number of nitrogens with two attached hydrogens (primary N) is 1. The Hall–Kier alpha value is -0.150. The monoisotopic (exact) mass is 202 g/mol. The van der Waals surface area contributed by atoms with E-state index in [0.717, 1.165) is 19.6 Å². The van der Waals surface area contributed by atoms with Gasteiger partial charge in [0.25, 0.3) is 0 Å². The summed E-state index contributed by atoms with van der Waals surface area (Å²) in [5.74, 6) is 1.03. The lowest BCUT2D eigenvalue weighted by Crippen LogP contribution is -2.36. The van der Waals surface area contributed by atoms with Gasteiger partial charge in [-0.1, -0.05) is 39.9 Å². The summed E-state index contributed by atoms with van der Waals surface area (Å²) < 4.78 is 0. The first-order valence-electron chi connectivity index (χ1n) is 4.99. The van der Waals surface area contributed by atoms with E-state index in [1.807, 2.05) is 0 Å². The molecule has 0 saturated carbocycles. The highest BCUT2D eigenvalue weighted by Crippen LogP contribution is 2.03. The smallest absolute Gasteiger partial charge is 0.0768 e. The van der Waals surface area contributed by atoms with Crippen LogP contribution in [0.1, 0.15) is 27.7 Å². The predicted octanol–water partition coefficient (Wildman–Crippen LogP) is 1.89. The van der Waals surface area contributed by atoms with Crippen molar-refractivity contribution in [2.45, 2.75) is 27.7 Å². The van der Waals surface area contributed by atoms with E-state index in [4.69, 9.17) is 18.0 Å². The molecule has 0 radical (unpaired) electrons. The normalized spacial score (nSPS) is 13.7. The first-order chi connectivity index (χ1) is 5.97. The molecular weight excluding hydrogens is 180 g/mol. The molecular formula is C10H22N2S. The number of thiocarbonyl (C=S) groups is 1. The molecule has 13 heavy (non-hydrogen) atoms. The first-order valence-corrected chi connectivity index (χ1v) is 5.39. The minimum Gasteiger partial charge on any atom is -0.393 e. The quantitative estimate of drug-likeness (QED) is 0.667. The average Bonchev–Trinajstić information content (AvgIpc) is 2.02. The molecule has 0 aromatic rings. The van der Waals surface area contributed by atoms with Crippen molar-refractivity contribution in [1.29, 1.82) is 0 Å². The summed E-state index contributed by atoms with van der Waals surface area (Å²) in [5, 5.41) is 0. The summed E-state index contributed by atoms with van der Waals surface area (Å²) in [6.07, 6.45) is 0. The Balaban J connectivity index is 3.90. The lowest BCUT2D eigenvalue weighted by Gasteiger charge is -2.25. The maximum Gasteiger partial charge on any atom is 0.0768 e. The lowest BCUT2D eigenvalue weighted by molar-refractivity contribution is 0.243. The molecule has 0 rings (SSSR count). The predicted molar refractivity (Wildman–Crippen MR) is 62.9 cm³/mol. The summed E-state index contributed by atoms with van der Waals surface area (Å²) in [6.45, 7) is 11.9. The third-order valence-electron chi connectivity index (χ3n) is 2.09. The van der Waals surface area contributed by atoms with Gasteiger partial charge >= 0.3 is 0 Å². The van der Waals surface area contributed by atoms with Crippen LogP contribution in [-0.2, 0) is 0 Å². The largest absolute Gasteiger partial charge is 0.393 e. The molecule has 0 spiro atoms. The second-order valence-corrected chi connectivity index (χ2v) is 4.52. The van der Waals surface area contributed by atoms with Crippen molar-refractivity contribution >= 4 is 17.2 Å². The zero-order chi connectivity index (χ0) is 10.4. The number of hydrogen-bond donors (Lipinski definition) is 1. The minimum atomic E-state index is 0.327. The molecule has 0 fully saturated rings. The highest BCUT2D eigenvalue weighted by atomic mass is 32.1. The van der Waals surface area contributed by atoms with E-state index < -0.39 is 0 Å². The third kappa shape index (κ3) is 5.99. The van der Waals surface area contributed by atoms with Gasteiger partial charge in [-0.25, -0.2) is 0 Å². The van der Waals surface area contributed by atoms with Crippen molar-refractivity contribution in [1.82, 2.24) is 4.90 Å². The number of hydrogen-bond acceptors (Lipinski definition) is 2. The molecule has 1 unspecified atom stereocenters. The van der Waals surface area contributed by atoms with Gasteiger partial charge in [-0.15, -0.1) is 0 Å². The fourth-order valence-corrected chi connectivity index (χ4v) is 1.40. The van der Waals surface area contributed by atoms with Gasteiger partial charge in [-0.3, -0.25) is 0 Å². The Labute approximate surface area is 87.5 Å². The van der Waals surface area contributed by atoms with Crippen molar-refractivity contribution < 1.29 is 0 Å². The van der Waals surface area contributed by atoms with E-state index in [1.165, 1.54) is 0 Å². The van der Waals surface area contributed by atoms with Gasteiger partial charge in [0, 0.05) is 19.0 Å². The summed E-state index contributed by atoms with van der Waals surface area (Å²) in [4.78, 5) is 3.02. The van der Waals surface area contributed by atoms with Crippen molar-refractivity contribution in [3.8, 4) is 0 Å². The minimum absolute atomic E-state index is 0.327. The van der Waals surface area contributed by atoms with Crippen LogP contribution in [0.2, 0.25) is 0 Å². The molecule has 0 aliphatic rings. The van der Waals surface area contributed by atoms with Crippen LogP contribution in [0.3, 0.4) is 0 Å². The molecule has 0 aromatic heterocycles. The third-order valence-corrected chi connectivity index (χ3v) is 2.49. The first kappa shape index (κ1) is 12.8. The molecule has 78 valence electrons. The Bertz CT molecular complexity index is 157. The second kappa shape index (κ2) is 6.33. The second-order valence-electron chi connectivity index (χ2n) is 4.05. The Kier molecular flexibility index (Phi) is 6.25. The fraction of sp³-hybridized carbons (Fsp3) is 0.900. The van der Waals surface area contributed by atoms with Crippen molar-refractivity contribution in [2.24, 2.45) is 17.6 Å². The molecule has 0 saturated heterocycles. The molecule has 0 bridgehead atoms. The summed E-state index contributed by atoms with van der Waals surface area (Å²) in [7, 11) is 0. The van der Waals surface area contributed by atoms with E-state index >= 15 is 0 Å². The molecule has 0 aliphatic heterocycles. The van der Waals surface area contributed by atoms with Crippen LogP contribution in [0.4, 0.5) is 0 Å². The van der Waals surface area contributed by atoms with Gasteiger partial charge in [0.05, 0.1) is 4.99 Å². The molecule has 0 amide bonds. The zero-order valence-corrected chi connectivity index (χ0v) is 10.0. The summed E-state index contributed by atoms with van der Waals surface area (Å²) in [6, 6.07) is 0. The van der Waals surface area contributed by atoms with Crippen LogP contribution in [0.15, 0.2) is 0 Å². The standard InChI is InChI=1S/C10H22N2S/c1-5-12(6-8(2)3)7-9(4)10(11)13/h8-9H,5-7H2,1-4H3,(H2,11,13). The van der Waals surface area contributed by atoms with Crippen LogP contribution >= 0.6 is 12.2 Å². The molecule has 0 aromatic carbocycles. The SMILES string of the molecule is CCN(CC(C)C)CC(C)C(N)=S. The van der Waals surface area contributed by atoms with Gasteiger partial charge in [0.1, 0.15) is 0 Å². The van der Waals surface area contributed by atoms with Gasteiger partial charge in [-0.2, -0.15) is 0 Å². The molecule has 2 nitrogen and oxygen atoms in total. The summed E-state index contributed by atoms with van der Waals surface area (Å²) >= 11 is 4.95. The number of nitrogens with zero attached hydrogens (tertiary/aromatic N) is 1. The van der Waals surface area contributed by atoms with E-state index in [2.05, 4.69) is 32.6 Å².